The van der Waals surface area contributed by atoms with Gasteiger partial charge in [-0.1, -0.05) is 13.8 Å². The molecule has 2 atom stereocenters. The Kier molecular flexibility index (Phi) is 4.05. The van der Waals surface area contributed by atoms with Crippen molar-refractivity contribution in [1.29, 1.82) is 0 Å². The summed E-state index contributed by atoms with van der Waals surface area (Å²) in [6.07, 6.45) is 6.57. The number of rotatable bonds is 5. The maximum absolute atomic E-state index is 4.45. The standard InChI is InChI=1S/C14H26N4/c1-5-15-12-6-7-14(4,8-12)9-13-16-10-17-18(13)11(2)3/h10-12,15H,5-9H2,1-4H3. The van der Waals surface area contributed by atoms with Gasteiger partial charge in [-0.25, -0.2) is 9.67 Å². The first-order chi connectivity index (χ1) is 8.54. The Morgan fingerprint density at radius 2 is 2.33 bits per heavy atom. The highest BCUT2D eigenvalue weighted by atomic mass is 15.3. The van der Waals surface area contributed by atoms with Crippen LogP contribution in [0.15, 0.2) is 6.33 Å². The summed E-state index contributed by atoms with van der Waals surface area (Å²) in [5.41, 5.74) is 0.381. The predicted molar refractivity (Wildman–Crippen MR) is 73.5 cm³/mol. The van der Waals surface area contributed by atoms with Crippen molar-refractivity contribution in [3.8, 4) is 0 Å². The van der Waals surface area contributed by atoms with E-state index >= 15 is 0 Å². The number of aromatic nitrogens is 3. The second kappa shape index (κ2) is 5.39. The number of nitrogens with zero attached hydrogens (tertiary/aromatic N) is 3. The van der Waals surface area contributed by atoms with Gasteiger partial charge in [-0.15, -0.1) is 0 Å². The van der Waals surface area contributed by atoms with Gasteiger partial charge in [-0.2, -0.15) is 5.10 Å². The SMILES string of the molecule is CCNC1CCC(C)(Cc2ncnn2C(C)C)C1. The summed E-state index contributed by atoms with van der Waals surface area (Å²) in [5, 5.41) is 7.91. The molecular formula is C14H26N4. The van der Waals surface area contributed by atoms with E-state index in [9.17, 15) is 0 Å². The fourth-order valence-corrected chi connectivity index (χ4v) is 3.16. The maximum atomic E-state index is 4.45. The number of hydrogen-bond donors (Lipinski definition) is 1. The van der Waals surface area contributed by atoms with E-state index in [1.165, 1.54) is 19.3 Å². The van der Waals surface area contributed by atoms with Gasteiger partial charge in [0.2, 0.25) is 0 Å². The van der Waals surface area contributed by atoms with Crippen LogP contribution in [0.1, 0.15) is 58.8 Å². The molecule has 1 saturated carbocycles. The van der Waals surface area contributed by atoms with Crippen LogP contribution >= 0.6 is 0 Å². The van der Waals surface area contributed by atoms with Gasteiger partial charge in [0, 0.05) is 18.5 Å². The van der Waals surface area contributed by atoms with Crippen molar-refractivity contribution in [3.05, 3.63) is 12.2 Å². The summed E-state index contributed by atoms with van der Waals surface area (Å²) < 4.78 is 2.06. The molecule has 1 aromatic heterocycles. The minimum absolute atomic E-state index is 0.381. The Labute approximate surface area is 110 Å². The smallest absolute Gasteiger partial charge is 0.138 e. The summed E-state index contributed by atoms with van der Waals surface area (Å²) in [5.74, 6) is 1.14. The minimum Gasteiger partial charge on any atom is -0.314 e. The lowest BCUT2D eigenvalue weighted by molar-refractivity contribution is 0.305. The van der Waals surface area contributed by atoms with Crippen molar-refractivity contribution in [2.45, 2.75) is 65.5 Å². The van der Waals surface area contributed by atoms with E-state index in [-0.39, 0.29) is 0 Å². The van der Waals surface area contributed by atoms with Gasteiger partial charge in [-0.05, 0) is 45.1 Å². The van der Waals surface area contributed by atoms with Crippen LogP contribution in [0.3, 0.4) is 0 Å². The zero-order valence-corrected chi connectivity index (χ0v) is 12.1. The Morgan fingerprint density at radius 3 is 3.00 bits per heavy atom. The predicted octanol–water partition coefficient (Wildman–Crippen LogP) is 2.57. The van der Waals surface area contributed by atoms with E-state index in [0.29, 0.717) is 17.5 Å². The van der Waals surface area contributed by atoms with Crippen molar-refractivity contribution in [2.75, 3.05) is 6.54 Å². The van der Waals surface area contributed by atoms with E-state index in [0.717, 1.165) is 18.8 Å². The number of nitrogens with one attached hydrogen (secondary N) is 1. The van der Waals surface area contributed by atoms with Gasteiger partial charge in [0.25, 0.3) is 0 Å². The van der Waals surface area contributed by atoms with Crippen molar-refractivity contribution < 1.29 is 0 Å². The second-order valence-electron chi connectivity index (χ2n) is 6.20. The van der Waals surface area contributed by atoms with E-state index in [1.54, 1.807) is 6.33 Å². The highest BCUT2D eigenvalue weighted by Gasteiger charge is 2.36. The molecule has 102 valence electrons. The van der Waals surface area contributed by atoms with Gasteiger partial charge < -0.3 is 5.32 Å². The van der Waals surface area contributed by atoms with Gasteiger partial charge in [-0.3, -0.25) is 0 Å². The number of hydrogen-bond acceptors (Lipinski definition) is 3. The van der Waals surface area contributed by atoms with Crippen molar-refractivity contribution in [2.24, 2.45) is 5.41 Å². The average molecular weight is 250 g/mol. The molecule has 4 heteroatoms. The molecule has 18 heavy (non-hydrogen) atoms. The molecular weight excluding hydrogens is 224 g/mol. The first-order valence-corrected chi connectivity index (χ1v) is 7.16. The van der Waals surface area contributed by atoms with Crippen LogP contribution in [0.4, 0.5) is 0 Å². The van der Waals surface area contributed by atoms with E-state index in [4.69, 9.17) is 0 Å². The molecule has 2 rings (SSSR count). The quantitative estimate of drug-likeness (QED) is 0.873. The third kappa shape index (κ3) is 2.91. The van der Waals surface area contributed by atoms with Crippen LogP contribution < -0.4 is 5.32 Å². The molecule has 0 saturated heterocycles. The van der Waals surface area contributed by atoms with Gasteiger partial charge >= 0.3 is 0 Å². The Balaban J connectivity index is 2.02. The third-order valence-corrected chi connectivity index (χ3v) is 4.05. The highest BCUT2D eigenvalue weighted by molar-refractivity contribution is 4.98. The van der Waals surface area contributed by atoms with Crippen LogP contribution in [-0.4, -0.2) is 27.4 Å². The third-order valence-electron chi connectivity index (χ3n) is 4.05. The summed E-state index contributed by atoms with van der Waals surface area (Å²) in [4.78, 5) is 4.45. The van der Waals surface area contributed by atoms with E-state index < -0.39 is 0 Å². The molecule has 1 fully saturated rings. The zero-order valence-electron chi connectivity index (χ0n) is 12.1. The van der Waals surface area contributed by atoms with Crippen LogP contribution in [-0.2, 0) is 6.42 Å². The largest absolute Gasteiger partial charge is 0.314 e. The molecule has 1 aromatic rings. The molecule has 0 amide bonds. The maximum Gasteiger partial charge on any atom is 0.138 e. The van der Waals surface area contributed by atoms with Gasteiger partial charge in [0.1, 0.15) is 12.2 Å². The monoisotopic (exact) mass is 250 g/mol. The minimum atomic E-state index is 0.381. The van der Waals surface area contributed by atoms with E-state index in [1.807, 2.05) is 0 Å². The molecule has 1 N–H and O–H groups in total. The molecule has 2 unspecified atom stereocenters. The molecule has 0 spiro atoms. The Morgan fingerprint density at radius 1 is 1.56 bits per heavy atom. The molecule has 0 radical (unpaired) electrons. The summed E-state index contributed by atoms with van der Waals surface area (Å²) in [6, 6.07) is 1.09. The summed E-state index contributed by atoms with van der Waals surface area (Å²) in [6.45, 7) is 9.98. The molecule has 1 heterocycles. The first-order valence-electron chi connectivity index (χ1n) is 7.16. The average Bonchev–Trinajstić information content (AvgIpc) is 2.87. The zero-order chi connectivity index (χ0) is 13.2. The molecule has 0 aliphatic heterocycles. The van der Waals surface area contributed by atoms with Crippen LogP contribution in [0, 0.1) is 5.41 Å². The van der Waals surface area contributed by atoms with Crippen molar-refractivity contribution in [3.63, 3.8) is 0 Å². The summed E-state index contributed by atoms with van der Waals surface area (Å²) >= 11 is 0. The lowest BCUT2D eigenvalue weighted by Gasteiger charge is -2.24. The fraction of sp³-hybridized carbons (Fsp3) is 0.857. The normalized spacial score (nSPS) is 28.2. The lowest BCUT2D eigenvalue weighted by atomic mass is 9.84. The Hall–Kier alpha value is -0.900. The molecule has 1 aliphatic rings. The Bertz CT molecular complexity index is 385. The van der Waals surface area contributed by atoms with Crippen molar-refractivity contribution in [1.82, 2.24) is 20.1 Å². The second-order valence-corrected chi connectivity index (χ2v) is 6.20. The van der Waals surface area contributed by atoms with Crippen LogP contribution in [0.5, 0.6) is 0 Å². The molecule has 0 bridgehead atoms. The van der Waals surface area contributed by atoms with Crippen molar-refractivity contribution >= 4 is 0 Å². The van der Waals surface area contributed by atoms with Gasteiger partial charge in [0.15, 0.2) is 0 Å². The van der Waals surface area contributed by atoms with E-state index in [2.05, 4.69) is 47.8 Å². The highest BCUT2D eigenvalue weighted by Crippen LogP contribution is 2.40. The van der Waals surface area contributed by atoms with Crippen LogP contribution in [0.2, 0.25) is 0 Å². The van der Waals surface area contributed by atoms with Crippen LogP contribution in [0.25, 0.3) is 0 Å². The summed E-state index contributed by atoms with van der Waals surface area (Å²) in [7, 11) is 0. The lowest BCUT2D eigenvalue weighted by Crippen LogP contribution is -2.28. The molecule has 1 aliphatic carbocycles. The fourth-order valence-electron chi connectivity index (χ4n) is 3.16. The molecule has 4 nitrogen and oxygen atoms in total. The first kappa shape index (κ1) is 13.5. The topological polar surface area (TPSA) is 42.7 Å². The van der Waals surface area contributed by atoms with Gasteiger partial charge in [0.05, 0.1) is 0 Å². The molecule has 0 aromatic carbocycles.